The predicted molar refractivity (Wildman–Crippen MR) is 83.1 cm³/mol. The third-order valence-corrected chi connectivity index (χ3v) is 5.07. The van der Waals surface area contributed by atoms with Gasteiger partial charge in [-0.1, -0.05) is 18.2 Å². The van der Waals surface area contributed by atoms with Crippen molar-refractivity contribution in [3.8, 4) is 0 Å². The van der Waals surface area contributed by atoms with Crippen LogP contribution in [0.2, 0.25) is 0 Å². The summed E-state index contributed by atoms with van der Waals surface area (Å²) in [6.07, 6.45) is 0. The van der Waals surface area contributed by atoms with Crippen LogP contribution in [0.15, 0.2) is 30.3 Å². The van der Waals surface area contributed by atoms with Crippen molar-refractivity contribution >= 4 is 16.6 Å². The molecule has 1 aromatic heterocycles. The van der Waals surface area contributed by atoms with Gasteiger partial charge in [0.25, 0.3) is 0 Å². The van der Waals surface area contributed by atoms with Gasteiger partial charge in [0.15, 0.2) is 0 Å². The summed E-state index contributed by atoms with van der Waals surface area (Å²) >= 11 is 0. The van der Waals surface area contributed by atoms with Crippen LogP contribution in [0.4, 0.5) is 5.69 Å². The first-order valence-electron chi connectivity index (χ1n) is 7.58. The molecular formula is C17H21N3. The maximum absolute atomic E-state index is 4.67. The minimum Gasteiger partial charge on any atom is -0.368 e. The molecule has 0 saturated carbocycles. The third kappa shape index (κ3) is 1.73. The number of rotatable bonds is 1. The van der Waals surface area contributed by atoms with Gasteiger partial charge in [-0.3, -0.25) is 4.98 Å². The number of aromatic nitrogens is 1. The van der Waals surface area contributed by atoms with Crippen LogP contribution < -0.4 is 10.2 Å². The molecule has 2 aliphatic heterocycles. The van der Waals surface area contributed by atoms with Crippen LogP contribution >= 0.6 is 0 Å². The second kappa shape index (κ2) is 4.45. The molecule has 20 heavy (non-hydrogen) atoms. The Bertz CT molecular complexity index is 652. The van der Waals surface area contributed by atoms with Crippen molar-refractivity contribution < 1.29 is 0 Å². The first-order valence-corrected chi connectivity index (χ1v) is 7.58. The monoisotopic (exact) mass is 267 g/mol. The lowest BCUT2D eigenvalue weighted by Gasteiger charge is -2.28. The van der Waals surface area contributed by atoms with Crippen LogP contribution in [-0.2, 0) is 0 Å². The Labute approximate surface area is 120 Å². The van der Waals surface area contributed by atoms with Crippen LogP contribution in [-0.4, -0.2) is 30.7 Å². The molecule has 2 aliphatic rings. The molecule has 0 aliphatic carbocycles. The van der Waals surface area contributed by atoms with E-state index in [2.05, 4.69) is 59.4 Å². The molecule has 3 nitrogen and oxygen atoms in total. The first kappa shape index (κ1) is 12.2. The molecule has 3 unspecified atom stereocenters. The minimum atomic E-state index is 0.611. The molecule has 104 valence electrons. The quantitative estimate of drug-likeness (QED) is 0.861. The van der Waals surface area contributed by atoms with Gasteiger partial charge < -0.3 is 10.2 Å². The summed E-state index contributed by atoms with van der Waals surface area (Å²) in [5.74, 6) is 1.60. The Morgan fingerprint density at radius 1 is 1.25 bits per heavy atom. The zero-order valence-electron chi connectivity index (χ0n) is 12.1. The predicted octanol–water partition coefficient (Wildman–Crippen LogP) is 2.59. The Balaban J connectivity index is 1.82. The number of hydrogen-bond donors (Lipinski definition) is 1. The van der Waals surface area contributed by atoms with Crippen molar-refractivity contribution in [2.75, 3.05) is 24.5 Å². The molecule has 3 heterocycles. The summed E-state index contributed by atoms with van der Waals surface area (Å²) in [6, 6.07) is 11.4. The second-order valence-electron chi connectivity index (χ2n) is 6.28. The molecule has 2 saturated heterocycles. The van der Waals surface area contributed by atoms with Crippen LogP contribution in [0.25, 0.3) is 10.9 Å². The molecule has 0 bridgehead atoms. The van der Waals surface area contributed by atoms with E-state index >= 15 is 0 Å². The highest BCUT2D eigenvalue weighted by atomic mass is 15.2. The van der Waals surface area contributed by atoms with E-state index in [4.69, 9.17) is 0 Å². The van der Waals surface area contributed by atoms with E-state index in [9.17, 15) is 0 Å². The lowest BCUT2D eigenvalue weighted by atomic mass is 9.95. The molecule has 4 rings (SSSR count). The molecule has 0 amide bonds. The summed E-state index contributed by atoms with van der Waals surface area (Å²) in [6.45, 7) is 7.99. The highest BCUT2D eigenvalue weighted by Gasteiger charge is 2.42. The second-order valence-corrected chi connectivity index (χ2v) is 6.28. The molecule has 1 aromatic carbocycles. The van der Waals surface area contributed by atoms with E-state index in [0.29, 0.717) is 6.04 Å². The number of fused-ring (bicyclic) bond motifs is 2. The Morgan fingerprint density at radius 3 is 2.95 bits per heavy atom. The molecule has 2 aromatic rings. The van der Waals surface area contributed by atoms with E-state index in [1.165, 1.54) is 30.7 Å². The van der Waals surface area contributed by atoms with Gasteiger partial charge in [0, 0.05) is 42.4 Å². The highest BCUT2D eigenvalue weighted by Crippen LogP contribution is 2.38. The van der Waals surface area contributed by atoms with E-state index in [1.54, 1.807) is 0 Å². The Morgan fingerprint density at radius 2 is 2.10 bits per heavy atom. The number of anilines is 1. The van der Waals surface area contributed by atoms with Gasteiger partial charge in [-0.25, -0.2) is 0 Å². The lowest BCUT2D eigenvalue weighted by Crippen LogP contribution is -2.33. The van der Waals surface area contributed by atoms with E-state index in [-0.39, 0.29) is 0 Å². The van der Waals surface area contributed by atoms with Gasteiger partial charge in [-0.05, 0) is 37.8 Å². The number of benzene rings is 1. The van der Waals surface area contributed by atoms with Crippen LogP contribution in [0.1, 0.15) is 12.6 Å². The number of nitrogens with zero attached hydrogens (tertiary/aromatic N) is 2. The molecule has 0 radical (unpaired) electrons. The number of nitrogens with one attached hydrogen (secondary N) is 1. The molecule has 3 atom stereocenters. The molecule has 2 fully saturated rings. The van der Waals surface area contributed by atoms with Crippen molar-refractivity contribution in [1.82, 2.24) is 10.3 Å². The summed E-state index contributed by atoms with van der Waals surface area (Å²) in [5, 5.41) is 4.83. The highest BCUT2D eigenvalue weighted by molar-refractivity contribution is 5.92. The fourth-order valence-electron chi connectivity index (χ4n) is 4.01. The maximum Gasteiger partial charge on any atom is 0.0726 e. The average molecular weight is 267 g/mol. The normalized spacial score (nSPS) is 29.1. The Hall–Kier alpha value is -1.61. The number of aryl methyl sites for hydroxylation is 1. The number of para-hydroxylation sites is 1. The van der Waals surface area contributed by atoms with Gasteiger partial charge in [-0.2, -0.15) is 0 Å². The molecule has 0 spiro atoms. The van der Waals surface area contributed by atoms with Gasteiger partial charge in [0.2, 0.25) is 0 Å². The van der Waals surface area contributed by atoms with Crippen molar-refractivity contribution in [2.24, 2.45) is 11.8 Å². The SMILES string of the molecule is Cc1cc(N2CC3CNCC3C2C)c2ccccc2n1. The zero-order valence-corrected chi connectivity index (χ0v) is 12.1. The summed E-state index contributed by atoms with van der Waals surface area (Å²) in [7, 11) is 0. The molecule has 1 N–H and O–H groups in total. The fraction of sp³-hybridized carbons (Fsp3) is 0.471. The largest absolute Gasteiger partial charge is 0.368 e. The van der Waals surface area contributed by atoms with Crippen molar-refractivity contribution in [2.45, 2.75) is 19.9 Å². The summed E-state index contributed by atoms with van der Waals surface area (Å²) in [4.78, 5) is 7.27. The first-order chi connectivity index (χ1) is 9.74. The lowest BCUT2D eigenvalue weighted by molar-refractivity contribution is 0.471. The third-order valence-electron chi connectivity index (χ3n) is 5.07. The van der Waals surface area contributed by atoms with Gasteiger partial charge >= 0.3 is 0 Å². The van der Waals surface area contributed by atoms with Gasteiger partial charge in [0.05, 0.1) is 5.52 Å². The summed E-state index contributed by atoms with van der Waals surface area (Å²) in [5.41, 5.74) is 3.60. The standard InChI is InChI=1S/C17H21N3/c1-11-7-17(14-5-3-4-6-16(14)19-11)20-10-13-8-18-9-15(13)12(20)2/h3-7,12-13,15,18H,8-10H2,1-2H3. The Kier molecular flexibility index (Phi) is 2.71. The number of hydrogen-bond acceptors (Lipinski definition) is 3. The molecular weight excluding hydrogens is 246 g/mol. The van der Waals surface area contributed by atoms with Crippen molar-refractivity contribution in [3.63, 3.8) is 0 Å². The molecule has 3 heteroatoms. The van der Waals surface area contributed by atoms with Crippen molar-refractivity contribution in [1.29, 1.82) is 0 Å². The van der Waals surface area contributed by atoms with Gasteiger partial charge in [0.1, 0.15) is 0 Å². The summed E-state index contributed by atoms with van der Waals surface area (Å²) < 4.78 is 0. The maximum atomic E-state index is 4.67. The van der Waals surface area contributed by atoms with Gasteiger partial charge in [-0.15, -0.1) is 0 Å². The zero-order chi connectivity index (χ0) is 13.7. The fourth-order valence-corrected chi connectivity index (χ4v) is 4.01. The van der Waals surface area contributed by atoms with Crippen molar-refractivity contribution in [3.05, 3.63) is 36.0 Å². The van der Waals surface area contributed by atoms with E-state index in [0.717, 1.165) is 23.0 Å². The van der Waals surface area contributed by atoms with E-state index in [1.807, 2.05) is 0 Å². The van der Waals surface area contributed by atoms with Crippen LogP contribution in [0.5, 0.6) is 0 Å². The number of pyridine rings is 1. The minimum absolute atomic E-state index is 0.611. The average Bonchev–Trinajstić information content (AvgIpc) is 3.01. The van der Waals surface area contributed by atoms with Crippen LogP contribution in [0, 0.1) is 18.8 Å². The van der Waals surface area contributed by atoms with Crippen LogP contribution in [0.3, 0.4) is 0 Å². The smallest absolute Gasteiger partial charge is 0.0726 e. The van der Waals surface area contributed by atoms with E-state index < -0.39 is 0 Å². The topological polar surface area (TPSA) is 28.2 Å².